The zero-order chi connectivity index (χ0) is 32.6. The summed E-state index contributed by atoms with van der Waals surface area (Å²) in [6, 6.07) is -0.170. The van der Waals surface area contributed by atoms with E-state index in [1.165, 1.54) is 17.7 Å². The Labute approximate surface area is 269 Å². The molecular weight excluding hydrogens is 600 g/mol. The molecule has 13 nitrogen and oxygen atoms in total. The lowest BCUT2D eigenvalue weighted by Gasteiger charge is -2.35. The number of hydrogen-bond donors (Lipinski definition) is 4. The summed E-state index contributed by atoms with van der Waals surface area (Å²) in [5.74, 6) is 0.854. The van der Waals surface area contributed by atoms with Gasteiger partial charge in [0.05, 0.1) is 23.1 Å². The summed E-state index contributed by atoms with van der Waals surface area (Å²) in [5, 5.41) is 23.7. The van der Waals surface area contributed by atoms with Crippen molar-refractivity contribution in [3.05, 3.63) is 23.1 Å². The van der Waals surface area contributed by atoms with Crippen LogP contribution in [0.1, 0.15) is 84.3 Å². The van der Waals surface area contributed by atoms with Crippen LogP contribution in [0.5, 0.6) is 0 Å². The van der Waals surface area contributed by atoms with Crippen molar-refractivity contribution < 1.29 is 24.2 Å². The fraction of sp³-hybridized carbons (Fsp3) is 0.677. The third-order valence-corrected chi connectivity index (χ3v) is 8.39. The highest BCUT2D eigenvalue weighted by Gasteiger charge is 2.31. The van der Waals surface area contributed by atoms with Crippen LogP contribution >= 0.6 is 11.6 Å². The molecule has 0 aliphatic heterocycles. The molecule has 2 aliphatic carbocycles. The second-order valence-electron chi connectivity index (χ2n) is 13.1. The first-order chi connectivity index (χ1) is 21.4. The lowest BCUT2D eigenvalue weighted by Crippen LogP contribution is -2.48. The summed E-state index contributed by atoms with van der Waals surface area (Å²) in [5.41, 5.74) is 2.17. The van der Waals surface area contributed by atoms with Crippen LogP contribution in [0.25, 0.3) is 11.3 Å². The number of anilines is 1. The fourth-order valence-corrected chi connectivity index (χ4v) is 5.75. The van der Waals surface area contributed by atoms with Crippen LogP contribution in [0, 0.1) is 5.92 Å². The third-order valence-electron chi connectivity index (χ3n) is 8.11. The van der Waals surface area contributed by atoms with Crippen LogP contribution < -0.4 is 16.0 Å². The Kier molecular flexibility index (Phi) is 11.9. The van der Waals surface area contributed by atoms with E-state index in [9.17, 15) is 19.5 Å². The molecular formula is C31H47ClN8O5. The largest absolute Gasteiger partial charge is 0.465 e. The Morgan fingerprint density at radius 2 is 1.73 bits per heavy atom. The van der Waals surface area contributed by atoms with Gasteiger partial charge in [-0.2, -0.15) is 5.10 Å². The SMILES string of the molecule is Cn1ncc(-c2nc(NC3CCC(N(CC(=O)NCCCCCNC(=O)OC(C)(C)C)C(=O)O)CC3)ncc2Cl)c1CC1CC1. The zero-order valence-electron chi connectivity index (χ0n) is 26.8. The average Bonchev–Trinajstić information content (AvgIpc) is 3.73. The molecule has 3 amide bonds. The van der Waals surface area contributed by atoms with E-state index in [-0.39, 0.29) is 24.5 Å². The number of ether oxygens (including phenoxy) is 1. The molecule has 0 aromatic carbocycles. The third kappa shape index (κ3) is 10.8. The van der Waals surface area contributed by atoms with Crippen LogP contribution in [-0.2, 0) is 23.0 Å². The van der Waals surface area contributed by atoms with E-state index in [2.05, 4.69) is 26.0 Å². The lowest BCUT2D eigenvalue weighted by molar-refractivity contribution is -0.122. The number of halogens is 1. The summed E-state index contributed by atoms with van der Waals surface area (Å²) < 4.78 is 7.09. The van der Waals surface area contributed by atoms with Gasteiger partial charge in [0.2, 0.25) is 11.9 Å². The number of carboxylic acid groups (broad SMARTS) is 1. The molecule has 248 valence electrons. The molecule has 0 saturated heterocycles. The number of amides is 3. The average molecular weight is 647 g/mol. The van der Waals surface area contributed by atoms with Crippen LogP contribution in [0.15, 0.2) is 12.4 Å². The molecule has 2 aromatic heterocycles. The normalized spacial score (nSPS) is 18.2. The Morgan fingerprint density at radius 3 is 2.38 bits per heavy atom. The van der Waals surface area contributed by atoms with Crippen molar-refractivity contribution in [2.24, 2.45) is 13.0 Å². The van der Waals surface area contributed by atoms with E-state index in [1.807, 2.05) is 38.7 Å². The van der Waals surface area contributed by atoms with Gasteiger partial charge in [-0.15, -0.1) is 0 Å². The number of carbonyl (C=O) groups is 3. The summed E-state index contributed by atoms with van der Waals surface area (Å²) in [4.78, 5) is 46.7. The van der Waals surface area contributed by atoms with Gasteiger partial charge in [0, 0.05) is 43.5 Å². The summed E-state index contributed by atoms with van der Waals surface area (Å²) >= 11 is 6.52. The highest BCUT2D eigenvalue weighted by Crippen LogP contribution is 2.37. The Balaban J connectivity index is 1.19. The maximum Gasteiger partial charge on any atom is 0.408 e. The van der Waals surface area contributed by atoms with E-state index >= 15 is 0 Å². The maximum absolute atomic E-state index is 12.5. The number of nitrogens with one attached hydrogen (secondary N) is 3. The molecule has 2 fully saturated rings. The van der Waals surface area contributed by atoms with Gasteiger partial charge in [-0.3, -0.25) is 14.4 Å². The van der Waals surface area contributed by atoms with Crippen molar-refractivity contribution in [3.63, 3.8) is 0 Å². The number of unbranched alkanes of at least 4 members (excludes halogenated alkanes) is 2. The minimum Gasteiger partial charge on any atom is -0.465 e. The topological polar surface area (TPSA) is 164 Å². The summed E-state index contributed by atoms with van der Waals surface area (Å²) in [6.07, 6.45) is 10.3. The molecule has 4 N–H and O–H groups in total. The van der Waals surface area contributed by atoms with Gasteiger partial charge >= 0.3 is 12.2 Å². The maximum atomic E-state index is 12.5. The second-order valence-corrected chi connectivity index (χ2v) is 13.5. The molecule has 45 heavy (non-hydrogen) atoms. The Bertz CT molecular complexity index is 1320. The molecule has 0 radical (unpaired) electrons. The molecule has 4 rings (SSSR count). The smallest absolute Gasteiger partial charge is 0.408 e. The number of carbonyl (C=O) groups excluding carboxylic acids is 2. The molecule has 0 atom stereocenters. The first-order valence-corrected chi connectivity index (χ1v) is 16.3. The number of nitrogens with zero attached hydrogens (tertiary/aromatic N) is 5. The van der Waals surface area contributed by atoms with Gasteiger partial charge in [0.1, 0.15) is 12.1 Å². The molecule has 2 aromatic rings. The molecule has 2 saturated carbocycles. The standard InChI is InChI=1S/C31H47ClN8O5/c1-31(2,3)45-29(42)34-15-7-5-6-14-33-26(41)19-40(30(43)44)22-12-10-21(11-13-22)37-28-35-18-24(32)27(38-28)23-17-36-39(4)25(23)16-20-8-9-20/h17-18,20-22H,5-16,19H2,1-4H3,(H,33,41)(H,34,42)(H,43,44)(H,35,37,38). The van der Waals surface area contributed by atoms with Gasteiger partial charge < -0.3 is 25.8 Å². The van der Waals surface area contributed by atoms with Crippen molar-refractivity contribution in [2.75, 3.05) is 25.0 Å². The van der Waals surface area contributed by atoms with Crippen LogP contribution in [-0.4, -0.2) is 85.2 Å². The highest BCUT2D eigenvalue weighted by atomic mass is 35.5. The number of rotatable bonds is 14. The van der Waals surface area contributed by atoms with E-state index in [0.717, 1.165) is 36.9 Å². The predicted octanol–water partition coefficient (Wildman–Crippen LogP) is 5.00. The van der Waals surface area contributed by atoms with E-state index in [4.69, 9.17) is 21.3 Å². The Morgan fingerprint density at radius 1 is 1.04 bits per heavy atom. The highest BCUT2D eigenvalue weighted by molar-refractivity contribution is 6.33. The number of aryl methyl sites for hydroxylation is 1. The van der Waals surface area contributed by atoms with Gasteiger partial charge in [-0.1, -0.05) is 11.6 Å². The van der Waals surface area contributed by atoms with Crippen LogP contribution in [0.4, 0.5) is 15.5 Å². The quantitative estimate of drug-likeness (QED) is 0.207. The van der Waals surface area contributed by atoms with Crippen LogP contribution in [0.3, 0.4) is 0 Å². The summed E-state index contributed by atoms with van der Waals surface area (Å²) in [6.45, 7) is 6.17. The minimum absolute atomic E-state index is 0.0735. The van der Waals surface area contributed by atoms with Crippen molar-refractivity contribution >= 4 is 35.6 Å². The summed E-state index contributed by atoms with van der Waals surface area (Å²) in [7, 11) is 1.94. The van der Waals surface area contributed by atoms with Crippen molar-refractivity contribution in [3.8, 4) is 11.3 Å². The molecule has 2 heterocycles. The van der Waals surface area contributed by atoms with E-state index < -0.39 is 17.8 Å². The first-order valence-electron chi connectivity index (χ1n) is 15.9. The van der Waals surface area contributed by atoms with Gasteiger partial charge in [0.15, 0.2) is 0 Å². The first kappa shape index (κ1) is 34.3. The lowest BCUT2D eigenvalue weighted by atomic mass is 9.90. The number of alkyl carbamates (subject to hydrolysis) is 1. The fourth-order valence-electron chi connectivity index (χ4n) is 5.56. The molecule has 0 bridgehead atoms. The van der Waals surface area contributed by atoms with Crippen molar-refractivity contribution in [2.45, 2.75) is 103 Å². The number of aromatic nitrogens is 4. The number of hydrogen-bond acceptors (Lipinski definition) is 8. The van der Waals surface area contributed by atoms with Crippen LogP contribution in [0.2, 0.25) is 5.02 Å². The van der Waals surface area contributed by atoms with Gasteiger partial charge in [0.25, 0.3) is 0 Å². The van der Waals surface area contributed by atoms with Crippen molar-refractivity contribution in [1.29, 1.82) is 0 Å². The monoisotopic (exact) mass is 646 g/mol. The Hall–Kier alpha value is -3.61. The van der Waals surface area contributed by atoms with Gasteiger partial charge in [-0.05, 0) is 90.9 Å². The molecule has 14 heteroatoms. The molecule has 0 unspecified atom stereocenters. The van der Waals surface area contributed by atoms with Gasteiger partial charge in [-0.25, -0.2) is 19.6 Å². The van der Waals surface area contributed by atoms with Crippen molar-refractivity contribution in [1.82, 2.24) is 35.3 Å². The molecule has 0 spiro atoms. The predicted molar refractivity (Wildman–Crippen MR) is 171 cm³/mol. The van der Waals surface area contributed by atoms with E-state index in [1.54, 1.807) is 6.20 Å². The zero-order valence-corrected chi connectivity index (χ0v) is 27.5. The van der Waals surface area contributed by atoms with E-state index in [0.29, 0.717) is 61.4 Å². The molecule has 2 aliphatic rings. The minimum atomic E-state index is -1.10. The second kappa shape index (κ2) is 15.6.